The Labute approximate surface area is 105 Å². The van der Waals surface area contributed by atoms with E-state index in [-0.39, 0.29) is 18.5 Å². The Kier molecular flexibility index (Phi) is 4.90. The second kappa shape index (κ2) is 6.20. The van der Waals surface area contributed by atoms with Crippen LogP contribution in [0.2, 0.25) is 0 Å². The van der Waals surface area contributed by atoms with E-state index in [0.717, 1.165) is 0 Å². The van der Waals surface area contributed by atoms with Gasteiger partial charge < -0.3 is 26.0 Å². The standard InChI is InChI=1S/C10H18N4O4/c1-7(15)13-2-4-14(5-3-13)10(18)12-6-8(11)9(16)17/h8H,2-6,11H2,1H3,(H,12,18)(H,16,17)/t8-/m0/s1. The Bertz CT molecular complexity index is 339. The Hall–Kier alpha value is -1.83. The number of nitrogens with one attached hydrogen (secondary N) is 1. The van der Waals surface area contributed by atoms with Crippen LogP contribution in [0.5, 0.6) is 0 Å². The summed E-state index contributed by atoms with van der Waals surface area (Å²) in [6.07, 6.45) is 0. The van der Waals surface area contributed by atoms with Gasteiger partial charge >= 0.3 is 12.0 Å². The molecule has 1 aliphatic rings. The summed E-state index contributed by atoms with van der Waals surface area (Å²) in [6, 6.07) is -1.46. The molecule has 0 radical (unpaired) electrons. The third kappa shape index (κ3) is 3.88. The van der Waals surface area contributed by atoms with Gasteiger partial charge in [-0.25, -0.2) is 4.79 Å². The van der Waals surface area contributed by atoms with Crippen molar-refractivity contribution in [3.05, 3.63) is 0 Å². The van der Waals surface area contributed by atoms with Crippen molar-refractivity contribution in [3.63, 3.8) is 0 Å². The number of piperazine rings is 1. The number of carbonyl (C=O) groups excluding carboxylic acids is 2. The molecule has 0 aliphatic carbocycles. The first-order valence-corrected chi connectivity index (χ1v) is 5.68. The lowest BCUT2D eigenvalue weighted by Crippen LogP contribution is -2.54. The highest BCUT2D eigenvalue weighted by Crippen LogP contribution is 2.02. The summed E-state index contributed by atoms with van der Waals surface area (Å²) < 4.78 is 0. The zero-order valence-corrected chi connectivity index (χ0v) is 10.3. The van der Waals surface area contributed by atoms with Gasteiger partial charge in [-0.1, -0.05) is 0 Å². The van der Waals surface area contributed by atoms with Crippen LogP contribution in [0.1, 0.15) is 6.92 Å². The fraction of sp³-hybridized carbons (Fsp3) is 0.700. The van der Waals surface area contributed by atoms with Crippen LogP contribution in [0.25, 0.3) is 0 Å². The van der Waals surface area contributed by atoms with Crippen LogP contribution in [0.4, 0.5) is 4.79 Å². The summed E-state index contributed by atoms with van der Waals surface area (Å²) in [4.78, 5) is 36.4. The monoisotopic (exact) mass is 258 g/mol. The fourth-order valence-corrected chi connectivity index (χ4v) is 1.62. The van der Waals surface area contributed by atoms with Gasteiger partial charge in [-0.3, -0.25) is 9.59 Å². The van der Waals surface area contributed by atoms with Crippen molar-refractivity contribution >= 4 is 17.9 Å². The maximum Gasteiger partial charge on any atom is 0.322 e. The molecule has 1 saturated heterocycles. The molecule has 0 bridgehead atoms. The van der Waals surface area contributed by atoms with Crippen molar-refractivity contribution in [1.29, 1.82) is 0 Å². The van der Waals surface area contributed by atoms with Crippen molar-refractivity contribution in [1.82, 2.24) is 15.1 Å². The average molecular weight is 258 g/mol. The first-order chi connectivity index (χ1) is 8.41. The second-order valence-corrected chi connectivity index (χ2v) is 4.12. The van der Waals surface area contributed by atoms with E-state index in [9.17, 15) is 14.4 Å². The lowest BCUT2D eigenvalue weighted by atomic mass is 10.3. The Balaban J connectivity index is 2.32. The predicted molar refractivity (Wildman–Crippen MR) is 62.8 cm³/mol. The van der Waals surface area contributed by atoms with Gasteiger partial charge in [-0.05, 0) is 0 Å². The quantitative estimate of drug-likeness (QED) is 0.556. The highest BCUT2D eigenvalue weighted by atomic mass is 16.4. The number of carboxylic acid groups (broad SMARTS) is 1. The van der Waals surface area contributed by atoms with Crippen LogP contribution in [-0.2, 0) is 9.59 Å². The van der Waals surface area contributed by atoms with Crippen molar-refractivity contribution < 1.29 is 19.5 Å². The minimum absolute atomic E-state index is 0.0112. The first-order valence-electron chi connectivity index (χ1n) is 5.68. The maximum absolute atomic E-state index is 11.7. The van der Waals surface area contributed by atoms with Crippen molar-refractivity contribution in [3.8, 4) is 0 Å². The van der Waals surface area contributed by atoms with Crippen LogP contribution < -0.4 is 11.1 Å². The van der Waals surface area contributed by atoms with Crippen molar-refractivity contribution in [2.75, 3.05) is 32.7 Å². The molecule has 1 atom stereocenters. The number of carbonyl (C=O) groups is 3. The van der Waals surface area contributed by atoms with Crippen LogP contribution in [0.3, 0.4) is 0 Å². The SMILES string of the molecule is CC(=O)N1CCN(C(=O)NC[C@H](N)C(=O)O)CC1. The van der Waals surface area contributed by atoms with E-state index in [1.807, 2.05) is 0 Å². The molecule has 1 aliphatic heterocycles. The molecular formula is C10H18N4O4. The van der Waals surface area contributed by atoms with Gasteiger partial charge in [0.1, 0.15) is 6.04 Å². The number of rotatable bonds is 3. The highest BCUT2D eigenvalue weighted by Gasteiger charge is 2.23. The van der Waals surface area contributed by atoms with Gasteiger partial charge in [0.25, 0.3) is 0 Å². The molecule has 4 N–H and O–H groups in total. The van der Waals surface area contributed by atoms with Crippen LogP contribution in [0, 0.1) is 0 Å². The molecule has 102 valence electrons. The van der Waals surface area contributed by atoms with Crippen LogP contribution >= 0.6 is 0 Å². The van der Waals surface area contributed by atoms with Gasteiger partial charge in [-0.15, -0.1) is 0 Å². The van der Waals surface area contributed by atoms with Crippen LogP contribution in [-0.4, -0.2) is 71.6 Å². The topological polar surface area (TPSA) is 116 Å². The Morgan fingerprint density at radius 1 is 1.22 bits per heavy atom. The minimum atomic E-state index is -1.16. The predicted octanol–water partition coefficient (Wildman–Crippen LogP) is -1.73. The number of nitrogens with zero attached hydrogens (tertiary/aromatic N) is 2. The number of nitrogens with two attached hydrogens (primary N) is 1. The third-order valence-corrected chi connectivity index (χ3v) is 2.80. The van der Waals surface area contributed by atoms with Gasteiger partial charge in [-0.2, -0.15) is 0 Å². The molecule has 0 aromatic carbocycles. The molecular weight excluding hydrogens is 240 g/mol. The van der Waals surface area contributed by atoms with Crippen LogP contribution in [0.15, 0.2) is 0 Å². The Morgan fingerprint density at radius 3 is 2.17 bits per heavy atom. The lowest BCUT2D eigenvalue weighted by Gasteiger charge is -2.34. The zero-order chi connectivity index (χ0) is 13.7. The molecule has 8 heteroatoms. The zero-order valence-electron chi connectivity index (χ0n) is 10.3. The van der Waals surface area contributed by atoms with E-state index in [0.29, 0.717) is 26.2 Å². The first kappa shape index (κ1) is 14.2. The molecule has 8 nitrogen and oxygen atoms in total. The third-order valence-electron chi connectivity index (χ3n) is 2.80. The molecule has 0 saturated carbocycles. The summed E-state index contributed by atoms with van der Waals surface area (Å²) >= 11 is 0. The van der Waals surface area contributed by atoms with Crippen molar-refractivity contribution in [2.24, 2.45) is 5.73 Å². The average Bonchev–Trinajstić information content (AvgIpc) is 2.35. The maximum atomic E-state index is 11.7. The molecule has 18 heavy (non-hydrogen) atoms. The summed E-state index contributed by atoms with van der Waals surface area (Å²) in [7, 11) is 0. The molecule has 0 spiro atoms. The largest absolute Gasteiger partial charge is 0.480 e. The van der Waals surface area contributed by atoms with E-state index in [1.165, 1.54) is 11.8 Å². The van der Waals surface area contributed by atoms with Gasteiger partial charge in [0, 0.05) is 39.6 Å². The number of urea groups is 1. The number of aliphatic carboxylic acids is 1. The lowest BCUT2D eigenvalue weighted by molar-refractivity contribution is -0.138. The normalized spacial score (nSPS) is 17.2. The number of amides is 3. The van der Waals surface area contributed by atoms with E-state index in [1.54, 1.807) is 4.90 Å². The van der Waals surface area contributed by atoms with Crippen molar-refractivity contribution in [2.45, 2.75) is 13.0 Å². The van der Waals surface area contributed by atoms with E-state index < -0.39 is 12.0 Å². The number of hydrogen-bond acceptors (Lipinski definition) is 4. The molecule has 1 rings (SSSR count). The summed E-state index contributed by atoms with van der Waals surface area (Å²) in [5.41, 5.74) is 5.27. The smallest absolute Gasteiger partial charge is 0.322 e. The molecule has 0 aromatic rings. The van der Waals surface area contributed by atoms with Gasteiger partial charge in [0.15, 0.2) is 0 Å². The fourth-order valence-electron chi connectivity index (χ4n) is 1.62. The summed E-state index contributed by atoms with van der Waals surface area (Å²) in [5.74, 6) is -1.17. The number of carboxylic acids is 1. The molecule has 1 fully saturated rings. The van der Waals surface area contributed by atoms with Gasteiger partial charge in [0.2, 0.25) is 5.91 Å². The minimum Gasteiger partial charge on any atom is -0.480 e. The second-order valence-electron chi connectivity index (χ2n) is 4.12. The van der Waals surface area contributed by atoms with E-state index in [4.69, 9.17) is 10.8 Å². The van der Waals surface area contributed by atoms with Gasteiger partial charge in [0.05, 0.1) is 0 Å². The summed E-state index contributed by atoms with van der Waals surface area (Å²) in [6.45, 7) is 3.24. The molecule has 3 amide bonds. The summed E-state index contributed by atoms with van der Waals surface area (Å²) in [5, 5.41) is 11.0. The van der Waals surface area contributed by atoms with E-state index >= 15 is 0 Å². The molecule has 1 heterocycles. The molecule has 0 aromatic heterocycles. The van der Waals surface area contributed by atoms with E-state index in [2.05, 4.69) is 5.32 Å². The Morgan fingerprint density at radius 2 is 1.72 bits per heavy atom. The highest BCUT2D eigenvalue weighted by molar-refractivity contribution is 5.78. The number of hydrogen-bond donors (Lipinski definition) is 3. The molecule has 0 unspecified atom stereocenters.